The fourth-order valence-corrected chi connectivity index (χ4v) is 6.01. The zero-order valence-electron chi connectivity index (χ0n) is 27.6. The molecule has 1 fully saturated rings. The molecule has 6 atom stereocenters. The highest BCUT2D eigenvalue weighted by atomic mass is 16.6. The van der Waals surface area contributed by atoms with Crippen LogP contribution >= 0.6 is 0 Å². The van der Waals surface area contributed by atoms with Crippen LogP contribution in [0, 0.1) is 11.8 Å². The molecule has 2 bridgehead atoms. The molecule has 0 aromatic carbocycles. The minimum Gasteiger partial charge on any atom is -0.455 e. The average Bonchev–Trinajstić information content (AvgIpc) is 2.96. The molecule has 11 heteroatoms. The van der Waals surface area contributed by atoms with Crippen LogP contribution in [0.3, 0.4) is 0 Å². The average molecular weight is 628 g/mol. The van der Waals surface area contributed by atoms with Crippen molar-refractivity contribution in [2.75, 3.05) is 47.5 Å². The third-order valence-electron chi connectivity index (χ3n) is 8.42. The van der Waals surface area contributed by atoms with Crippen molar-refractivity contribution in [2.45, 2.75) is 71.4 Å². The fourth-order valence-electron chi connectivity index (χ4n) is 6.01. The number of Topliss-reactive ketones (excluding diaryl/α,β-unsaturated/α-hetero) is 1. The molecule has 1 saturated heterocycles. The van der Waals surface area contributed by atoms with Gasteiger partial charge in [-0.1, -0.05) is 38.2 Å². The Morgan fingerprint density at radius 3 is 2.40 bits per heavy atom. The summed E-state index contributed by atoms with van der Waals surface area (Å²) >= 11 is 0. The van der Waals surface area contributed by atoms with Gasteiger partial charge in [-0.05, 0) is 50.8 Å². The van der Waals surface area contributed by atoms with Gasteiger partial charge in [0.1, 0.15) is 6.10 Å². The summed E-state index contributed by atoms with van der Waals surface area (Å²) in [6.45, 7) is 10.6. The molecular formula is C34H49N3O8. The molecule has 1 amide bonds. The second-order valence-electron chi connectivity index (χ2n) is 12.0. The Bertz CT molecular complexity index is 1250. The van der Waals surface area contributed by atoms with E-state index in [9.17, 15) is 19.2 Å². The first-order valence-corrected chi connectivity index (χ1v) is 15.6. The molecule has 2 aliphatic heterocycles. The summed E-state index contributed by atoms with van der Waals surface area (Å²) in [7, 11) is 4.75. The quantitative estimate of drug-likeness (QED) is 0.235. The summed E-state index contributed by atoms with van der Waals surface area (Å²) in [5.74, 6) is -2.01. The third kappa shape index (κ3) is 10.1. The number of amides is 1. The van der Waals surface area contributed by atoms with E-state index in [1.165, 1.54) is 32.3 Å². The van der Waals surface area contributed by atoms with Crippen molar-refractivity contribution in [1.29, 1.82) is 0 Å². The van der Waals surface area contributed by atoms with E-state index in [2.05, 4.69) is 15.5 Å². The summed E-state index contributed by atoms with van der Waals surface area (Å²) in [5.41, 5.74) is 1.32. The van der Waals surface area contributed by atoms with E-state index in [0.29, 0.717) is 25.0 Å². The van der Waals surface area contributed by atoms with Gasteiger partial charge in [0.2, 0.25) is 17.5 Å². The molecular weight excluding hydrogens is 578 g/mol. The van der Waals surface area contributed by atoms with E-state index in [1.807, 2.05) is 26.8 Å². The minimum atomic E-state index is -0.722. The van der Waals surface area contributed by atoms with E-state index in [4.69, 9.17) is 18.9 Å². The molecule has 11 nitrogen and oxygen atoms in total. The first kappa shape index (κ1) is 36.1. The molecule has 0 spiro atoms. The zero-order valence-corrected chi connectivity index (χ0v) is 27.6. The number of carbonyl (C=O) groups excluding carboxylic acids is 4. The molecule has 0 aromatic rings. The Kier molecular flexibility index (Phi) is 13.9. The Balaban J connectivity index is 2.00. The van der Waals surface area contributed by atoms with Crippen molar-refractivity contribution in [3.05, 3.63) is 59.0 Å². The second-order valence-corrected chi connectivity index (χ2v) is 12.0. The summed E-state index contributed by atoms with van der Waals surface area (Å²) in [6.07, 6.45) is 9.09. The number of methoxy groups -OCH3 is 3. The molecule has 0 aromatic heterocycles. The second kappa shape index (κ2) is 17.4. The van der Waals surface area contributed by atoms with E-state index in [1.54, 1.807) is 26.4 Å². The van der Waals surface area contributed by atoms with Crippen LogP contribution in [0.2, 0.25) is 0 Å². The molecule has 0 radical (unpaired) electrons. The predicted octanol–water partition coefficient (Wildman–Crippen LogP) is 2.79. The van der Waals surface area contributed by atoms with Crippen LogP contribution in [0.1, 0.15) is 47.0 Å². The predicted molar refractivity (Wildman–Crippen MR) is 170 cm³/mol. The summed E-state index contributed by atoms with van der Waals surface area (Å²) in [6, 6.07) is 0. The topological polar surface area (TPSA) is 132 Å². The van der Waals surface area contributed by atoms with Gasteiger partial charge < -0.3 is 34.5 Å². The number of fused-ring (bicyclic) bond motifs is 2. The van der Waals surface area contributed by atoms with Crippen molar-refractivity contribution < 1.29 is 38.1 Å². The smallest absolute Gasteiger partial charge is 0.303 e. The number of nitrogens with zero attached hydrogens (tertiary/aromatic N) is 1. The first-order chi connectivity index (χ1) is 21.5. The SMILES string of the molecule is CO[C@H]1[C@@H](OC)C[C@H](C)CC2=C(NCCN3CCC3)C(=O)C=C(NC(=O)/C=C/C=C\[C@H](OC)[C@@H](OC(C)=O)/C(C)=C/[C@@H]1C)C2=O. The molecule has 45 heavy (non-hydrogen) atoms. The zero-order chi connectivity index (χ0) is 33.1. The van der Waals surface area contributed by atoms with E-state index < -0.39 is 29.9 Å². The number of esters is 1. The number of hydrogen-bond acceptors (Lipinski definition) is 10. The summed E-state index contributed by atoms with van der Waals surface area (Å²) in [4.78, 5) is 54.1. The molecule has 0 saturated carbocycles. The summed E-state index contributed by atoms with van der Waals surface area (Å²) < 4.78 is 23.2. The van der Waals surface area contributed by atoms with Gasteiger partial charge in [0, 0.05) is 65.0 Å². The number of carbonyl (C=O) groups is 4. The Labute approximate surface area is 266 Å². The third-order valence-corrected chi connectivity index (χ3v) is 8.42. The molecule has 1 aliphatic carbocycles. The molecule has 2 N–H and O–H groups in total. The van der Waals surface area contributed by atoms with Gasteiger partial charge in [0.25, 0.3) is 0 Å². The van der Waals surface area contributed by atoms with Crippen molar-refractivity contribution >= 4 is 23.4 Å². The Morgan fingerprint density at radius 1 is 1.07 bits per heavy atom. The summed E-state index contributed by atoms with van der Waals surface area (Å²) in [5, 5.41) is 5.81. The normalized spacial score (nSPS) is 31.7. The van der Waals surface area contributed by atoms with Crippen molar-refractivity contribution in [3.63, 3.8) is 0 Å². The number of hydrogen-bond donors (Lipinski definition) is 2. The minimum absolute atomic E-state index is 0.0664. The Morgan fingerprint density at radius 2 is 1.80 bits per heavy atom. The lowest BCUT2D eigenvalue weighted by atomic mass is 9.85. The first-order valence-electron chi connectivity index (χ1n) is 15.6. The van der Waals surface area contributed by atoms with Gasteiger partial charge in [-0.3, -0.25) is 19.2 Å². The molecule has 0 unspecified atom stereocenters. The van der Waals surface area contributed by atoms with Crippen LogP contribution in [-0.4, -0.2) is 100 Å². The highest BCUT2D eigenvalue weighted by molar-refractivity contribution is 6.23. The van der Waals surface area contributed by atoms with Crippen LogP contribution in [0.4, 0.5) is 0 Å². The lowest BCUT2D eigenvalue weighted by Crippen LogP contribution is -2.42. The molecule has 2 heterocycles. The van der Waals surface area contributed by atoms with Gasteiger partial charge in [0.05, 0.1) is 23.6 Å². The monoisotopic (exact) mass is 627 g/mol. The van der Waals surface area contributed by atoms with Crippen LogP contribution in [0.5, 0.6) is 0 Å². The van der Waals surface area contributed by atoms with Crippen LogP contribution in [-0.2, 0) is 38.1 Å². The number of nitrogens with one attached hydrogen (secondary N) is 2. The standard InChI is InChI=1S/C34H49N3O8/c1-21-17-25-31(35-13-16-37-14-10-15-37)27(39)20-26(32(25)41)36-30(40)12-9-8-11-28(42-5)34(45-24(4)38)23(3)19-22(2)33(44-7)29(18-21)43-6/h8-9,11-12,19-22,28-29,33-35H,10,13-18H2,1-7H3,(H,36,40)/b11-8-,12-9+,23-19+/t21-,22+,28+,29+,33-,34+/m1/s1. The molecule has 248 valence electrons. The number of allylic oxidation sites excluding steroid dienone is 4. The van der Waals surface area contributed by atoms with Gasteiger partial charge in [-0.25, -0.2) is 0 Å². The molecule has 3 rings (SSSR count). The lowest BCUT2D eigenvalue weighted by molar-refractivity contribution is -0.149. The fraction of sp³-hybridized carbons (Fsp3) is 0.588. The maximum atomic E-state index is 13.7. The van der Waals surface area contributed by atoms with E-state index in [0.717, 1.165) is 31.6 Å². The maximum Gasteiger partial charge on any atom is 0.303 e. The highest BCUT2D eigenvalue weighted by Crippen LogP contribution is 2.29. The number of ketones is 2. The van der Waals surface area contributed by atoms with Crippen molar-refractivity contribution in [2.24, 2.45) is 11.8 Å². The maximum absolute atomic E-state index is 13.7. The van der Waals surface area contributed by atoms with Crippen molar-refractivity contribution in [3.8, 4) is 0 Å². The number of rotatable bonds is 8. The Hall–Kier alpha value is -3.38. The van der Waals surface area contributed by atoms with E-state index >= 15 is 0 Å². The van der Waals surface area contributed by atoms with Gasteiger partial charge in [0.15, 0.2) is 6.10 Å². The van der Waals surface area contributed by atoms with Gasteiger partial charge >= 0.3 is 5.97 Å². The largest absolute Gasteiger partial charge is 0.455 e. The highest BCUT2D eigenvalue weighted by Gasteiger charge is 2.34. The number of likely N-dealkylation sites (tertiary alicyclic amines) is 1. The van der Waals surface area contributed by atoms with Crippen LogP contribution in [0.25, 0.3) is 0 Å². The van der Waals surface area contributed by atoms with Gasteiger partial charge in [-0.15, -0.1) is 0 Å². The van der Waals surface area contributed by atoms with Crippen LogP contribution < -0.4 is 10.6 Å². The molecule has 3 aliphatic rings. The number of ether oxygens (including phenoxy) is 4. The van der Waals surface area contributed by atoms with Crippen LogP contribution in [0.15, 0.2) is 59.0 Å². The van der Waals surface area contributed by atoms with Crippen molar-refractivity contribution in [1.82, 2.24) is 15.5 Å². The lowest BCUT2D eigenvalue weighted by Gasteiger charge is -2.32. The van der Waals surface area contributed by atoms with E-state index in [-0.39, 0.29) is 41.2 Å². The van der Waals surface area contributed by atoms with Gasteiger partial charge in [-0.2, -0.15) is 0 Å².